The highest BCUT2D eigenvalue weighted by atomic mass is 19.1. The van der Waals surface area contributed by atoms with Gasteiger partial charge in [0, 0.05) is 31.3 Å². The molecular formula is C25H23FN2O2. The molecule has 2 aliphatic rings. The molecule has 1 saturated heterocycles. The van der Waals surface area contributed by atoms with Crippen molar-refractivity contribution in [1.29, 1.82) is 0 Å². The second-order valence-corrected chi connectivity index (χ2v) is 8.27. The zero-order chi connectivity index (χ0) is 20.8. The first-order chi connectivity index (χ1) is 14.5. The van der Waals surface area contributed by atoms with Crippen LogP contribution in [0, 0.1) is 0 Å². The normalized spacial score (nSPS) is 18.7. The molecule has 4 nitrogen and oxygen atoms in total. The number of likely N-dealkylation sites (tertiary alicyclic amines) is 1. The predicted octanol–water partition coefficient (Wildman–Crippen LogP) is 4.67. The Morgan fingerprint density at radius 2 is 1.93 bits per heavy atom. The summed E-state index contributed by atoms with van der Waals surface area (Å²) in [5, 5.41) is 2.02. The van der Waals surface area contributed by atoms with Crippen LogP contribution in [0.1, 0.15) is 39.1 Å². The fraction of sp³-hybridized carbons (Fsp3) is 0.280. The van der Waals surface area contributed by atoms with Crippen LogP contribution in [0.2, 0.25) is 0 Å². The van der Waals surface area contributed by atoms with E-state index in [2.05, 4.69) is 12.1 Å². The van der Waals surface area contributed by atoms with Crippen molar-refractivity contribution in [2.45, 2.75) is 25.6 Å². The Hall–Kier alpha value is -3.21. The minimum atomic E-state index is -0.930. The molecule has 3 aromatic carbocycles. The number of carbonyl (C=O) groups excluding carboxylic acids is 2. The van der Waals surface area contributed by atoms with Gasteiger partial charge < -0.3 is 9.80 Å². The highest BCUT2D eigenvalue weighted by molar-refractivity contribution is 6.04. The lowest BCUT2D eigenvalue weighted by Gasteiger charge is -2.29. The van der Waals surface area contributed by atoms with Crippen LogP contribution in [0.3, 0.4) is 0 Å². The molecule has 0 N–H and O–H groups in total. The molecule has 2 amide bonds. The zero-order valence-corrected chi connectivity index (χ0v) is 16.9. The molecule has 0 aliphatic carbocycles. The summed E-state index contributed by atoms with van der Waals surface area (Å²) >= 11 is 0. The first-order valence-electron chi connectivity index (χ1n) is 10.4. The molecule has 0 saturated carbocycles. The monoisotopic (exact) mass is 402 g/mol. The molecule has 2 aliphatic heterocycles. The Morgan fingerprint density at radius 3 is 2.77 bits per heavy atom. The topological polar surface area (TPSA) is 40.6 Å². The van der Waals surface area contributed by atoms with Gasteiger partial charge in [-0.25, -0.2) is 4.39 Å². The molecule has 5 heteroatoms. The van der Waals surface area contributed by atoms with Gasteiger partial charge >= 0.3 is 0 Å². The summed E-state index contributed by atoms with van der Waals surface area (Å²) in [4.78, 5) is 28.4. The number of nitrogens with zero attached hydrogens (tertiary/aromatic N) is 2. The number of fused-ring (bicyclic) bond motifs is 2. The Morgan fingerprint density at radius 1 is 1.07 bits per heavy atom. The van der Waals surface area contributed by atoms with Crippen molar-refractivity contribution in [1.82, 2.24) is 9.80 Å². The van der Waals surface area contributed by atoms with Gasteiger partial charge in [0.1, 0.15) is 6.17 Å². The first kappa shape index (κ1) is 18.8. The van der Waals surface area contributed by atoms with E-state index < -0.39 is 6.17 Å². The van der Waals surface area contributed by atoms with E-state index in [0.717, 1.165) is 33.0 Å². The van der Waals surface area contributed by atoms with E-state index in [1.54, 1.807) is 9.80 Å². The van der Waals surface area contributed by atoms with E-state index in [-0.39, 0.29) is 18.4 Å². The molecule has 0 spiro atoms. The third-order valence-electron chi connectivity index (χ3n) is 6.18. The minimum Gasteiger partial charge on any atom is -0.337 e. The highest BCUT2D eigenvalue weighted by Gasteiger charge is 2.25. The molecule has 152 valence electrons. The van der Waals surface area contributed by atoms with Crippen LogP contribution in [-0.4, -0.2) is 47.9 Å². The Bertz CT molecular complexity index is 1170. The zero-order valence-electron chi connectivity index (χ0n) is 16.9. The van der Waals surface area contributed by atoms with E-state index in [9.17, 15) is 14.0 Å². The number of alkyl halides is 1. The molecule has 0 radical (unpaired) electrons. The molecule has 1 atom stereocenters. The van der Waals surface area contributed by atoms with Gasteiger partial charge in [-0.2, -0.15) is 0 Å². The average molecular weight is 402 g/mol. The van der Waals surface area contributed by atoms with Gasteiger partial charge in [0.05, 0.1) is 6.54 Å². The molecule has 5 rings (SSSR count). The van der Waals surface area contributed by atoms with Crippen LogP contribution >= 0.6 is 0 Å². The SMILES string of the molecule is CN1Cc2cc(-c3cccc4cc(C(=O)N5CCC[C@H](F)C5)ccc34)ccc2C1=O. The quantitative estimate of drug-likeness (QED) is 0.625. The fourth-order valence-corrected chi connectivity index (χ4v) is 4.59. The Kier molecular flexibility index (Phi) is 4.54. The average Bonchev–Trinajstić information content (AvgIpc) is 3.05. The number of carbonyl (C=O) groups is 2. The molecule has 2 heterocycles. The number of halogens is 1. The lowest BCUT2D eigenvalue weighted by molar-refractivity contribution is 0.0636. The standard InChI is InChI=1S/C25H23FN2O2/c1-27-14-19-13-17(7-10-23(19)25(27)30)21-6-2-4-16-12-18(8-9-22(16)21)24(29)28-11-3-5-20(26)15-28/h2,4,6-10,12-13,20H,3,5,11,14-15H2,1H3/t20-/m0/s1. The van der Waals surface area contributed by atoms with Crippen LogP contribution in [0.4, 0.5) is 4.39 Å². The third-order valence-corrected chi connectivity index (χ3v) is 6.18. The van der Waals surface area contributed by atoms with Gasteiger partial charge in [-0.1, -0.05) is 30.3 Å². The number of hydrogen-bond acceptors (Lipinski definition) is 2. The van der Waals surface area contributed by atoms with Crippen molar-refractivity contribution in [3.63, 3.8) is 0 Å². The van der Waals surface area contributed by atoms with Crippen molar-refractivity contribution in [2.75, 3.05) is 20.1 Å². The summed E-state index contributed by atoms with van der Waals surface area (Å²) in [6, 6.07) is 17.7. The van der Waals surface area contributed by atoms with E-state index in [4.69, 9.17) is 0 Å². The Labute approximate surface area is 174 Å². The van der Waals surface area contributed by atoms with Crippen molar-refractivity contribution in [3.8, 4) is 11.1 Å². The number of hydrogen-bond donors (Lipinski definition) is 0. The number of amides is 2. The summed E-state index contributed by atoms with van der Waals surface area (Å²) in [5.74, 6) is -0.0467. The second-order valence-electron chi connectivity index (χ2n) is 8.27. The molecule has 3 aromatic rings. The summed E-state index contributed by atoms with van der Waals surface area (Å²) in [5.41, 5.74) is 4.52. The largest absolute Gasteiger partial charge is 0.337 e. The minimum absolute atomic E-state index is 0.0610. The van der Waals surface area contributed by atoms with Gasteiger partial charge in [0.25, 0.3) is 11.8 Å². The third kappa shape index (κ3) is 3.15. The lowest BCUT2D eigenvalue weighted by atomic mass is 9.94. The van der Waals surface area contributed by atoms with E-state index in [0.29, 0.717) is 31.5 Å². The summed E-state index contributed by atoms with van der Waals surface area (Å²) in [6.07, 6.45) is 0.314. The predicted molar refractivity (Wildman–Crippen MR) is 115 cm³/mol. The smallest absolute Gasteiger partial charge is 0.254 e. The van der Waals surface area contributed by atoms with E-state index in [1.807, 2.05) is 49.5 Å². The van der Waals surface area contributed by atoms with Gasteiger partial charge in [-0.15, -0.1) is 0 Å². The molecule has 0 unspecified atom stereocenters. The molecule has 30 heavy (non-hydrogen) atoms. The van der Waals surface area contributed by atoms with Crippen molar-refractivity contribution in [2.24, 2.45) is 0 Å². The van der Waals surface area contributed by atoms with Gasteiger partial charge in [0.15, 0.2) is 0 Å². The fourth-order valence-electron chi connectivity index (χ4n) is 4.59. The van der Waals surface area contributed by atoms with Crippen LogP contribution in [0.25, 0.3) is 21.9 Å². The van der Waals surface area contributed by atoms with Crippen molar-refractivity contribution in [3.05, 3.63) is 71.3 Å². The molecular weight excluding hydrogens is 379 g/mol. The van der Waals surface area contributed by atoms with Crippen LogP contribution in [0.5, 0.6) is 0 Å². The molecule has 0 bridgehead atoms. The number of rotatable bonds is 2. The Balaban J connectivity index is 1.51. The summed E-state index contributed by atoms with van der Waals surface area (Å²) < 4.78 is 13.7. The van der Waals surface area contributed by atoms with Gasteiger partial charge in [0.2, 0.25) is 0 Å². The maximum atomic E-state index is 13.7. The van der Waals surface area contributed by atoms with Gasteiger partial charge in [-0.3, -0.25) is 9.59 Å². The number of benzene rings is 3. The maximum absolute atomic E-state index is 13.7. The maximum Gasteiger partial charge on any atom is 0.254 e. The number of piperidine rings is 1. The molecule has 1 fully saturated rings. The van der Waals surface area contributed by atoms with E-state index >= 15 is 0 Å². The summed E-state index contributed by atoms with van der Waals surface area (Å²) in [7, 11) is 1.81. The molecule has 0 aromatic heterocycles. The first-order valence-corrected chi connectivity index (χ1v) is 10.4. The van der Waals surface area contributed by atoms with Crippen molar-refractivity contribution < 1.29 is 14.0 Å². The highest BCUT2D eigenvalue weighted by Crippen LogP contribution is 2.33. The van der Waals surface area contributed by atoms with E-state index in [1.165, 1.54) is 0 Å². The van der Waals surface area contributed by atoms with Crippen LogP contribution in [0.15, 0.2) is 54.6 Å². The van der Waals surface area contributed by atoms with Crippen LogP contribution < -0.4 is 0 Å². The second kappa shape index (κ2) is 7.24. The summed E-state index contributed by atoms with van der Waals surface area (Å²) in [6.45, 7) is 1.41. The van der Waals surface area contributed by atoms with Gasteiger partial charge in [-0.05, 0) is 64.6 Å². The lowest BCUT2D eigenvalue weighted by Crippen LogP contribution is -2.40. The van der Waals surface area contributed by atoms with Crippen LogP contribution in [-0.2, 0) is 6.54 Å². The van der Waals surface area contributed by atoms with Crippen molar-refractivity contribution >= 4 is 22.6 Å².